The Hall–Kier alpha value is -0.980. The summed E-state index contributed by atoms with van der Waals surface area (Å²) in [7, 11) is 4.42. The molecule has 2 heterocycles. The van der Waals surface area contributed by atoms with Gasteiger partial charge in [-0.3, -0.25) is 11.3 Å². The van der Waals surface area contributed by atoms with E-state index in [4.69, 9.17) is 5.84 Å². The van der Waals surface area contributed by atoms with Gasteiger partial charge in [-0.05, 0) is 42.9 Å². The Morgan fingerprint density at radius 2 is 2.19 bits per heavy atom. The fourth-order valence-corrected chi connectivity index (χ4v) is 4.17. The zero-order chi connectivity index (χ0) is 14.8. The fourth-order valence-electron chi connectivity index (χ4n) is 3.20. The zero-order valence-electron chi connectivity index (χ0n) is 12.7. The van der Waals surface area contributed by atoms with Gasteiger partial charge in [0.25, 0.3) is 0 Å². The summed E-state index contributed by atoms with van der Waals surface area (Å²) < 4.78 is 1.35. The quantitative estimate of drug-likeness (QED) is 0.670. The first-order chi connectivity index (χ1) is 10.2. The van der Waals surface area contributed by atoms with Crippen molar-refractivity contribution in [3.63, 3.8) is 0 Å². The first-order valence-electron chi connectivity index (χ1n) is 7.50. The third-order valence-corrected chi connectivity index (χ3v) is 5.55. The topological polar surface area (TPSA) is 44.5 Å². The number of rotatable bonds is 4. The third kappa shape index (κ3) is 3.12. The molecule has 1 fully saturated rings. The van der Waals surface area contributed by atoms with Crippen LogP contribution >= 0.6 is 11.3 Å². The maximum atomic E-state index is 5.88. The van der Waals surface area contributed by atoms with Crippen LogP contribution in [0.2, 0.25) is 0 Å². The Morgan fingerprint density at radius 3 is 3.00 bits per heavy atom. The molecule has 0 spiro atoms. The number of fused-ring (bicyclic) bond motifs is 1. The highest BCUT2D eigenvalue weighted by Gasteiger charge is 2.26. The lowest BCUT2D eigenvalue weighted by molar-refractivity contribution is 0.101. The summed E-state index contributed by atoms with van der Waals surface area (Å²) in [5.74, 6) is 5.88. The van der Waals surface area contributed by atoms with E-state index < -0.39 is 0 Å². The molecule has 3 rings (SSSR count). The summed E-state index contributed by atoms with van der Waals surface area (Å²) >= 11 is 1.80. The van der Waals surface area contributed by atoms with Crippen LogP contribution in [-0.2, 0) is 0 Å². The molecule has 1 aromatic carbocycles. The van der Waals surface area contributed by atoms with Crippen molar-refractivity contribution in [3.8, 4) is 0 Å². The van der Waals surface area contributed by atoms with Crippen molar-refractivity contribution in [2.24, 2.45) is 5.84 Å². The van der Waals surface area contributed by atoms with Crippen LogP contribution in [0, 0.1) is 0 Å². The van der Waals surface area contributed by atoms with Crippen LogP contribution in [0.4, 0.5) is 0 Å². The number of hydrogen-bond acceptors (Lipinski definition) is 5. The maximum absolute atomic E-state index is 5.88. The molecule has 5 heteroatoms. The maximum Gasteiger partial charge on any atom is 0.0489 e. The van der Waals surface area contributed by atoms with Gasteiger partial charge in [-0.25, -0.2) is 0 Å². The molecule has 114 valence electrons. The Bertz CT molecular complexity index is 597. The molecule has 0 aliphatic carbocycles. The van der Waals surface area contributed by atoms with Gasteiger partial charge in [0.05, 0.1) is 0 Å². The van der Waals surface area contributed by atoms with Gasteiger partial charge >= 0.3 is 0 Å². The standard InChI is InChI=1S/C16H24N4S/c1-19-7-8-20(2)13(11-19)10-15(18-17)14-5-3-4-12-6-9-21-16(12)14/h3-6,9,13,15,18H,7-8,10-11,17H2,1-2H3. The summed E-state index contributed by atoms with van der Waals surface area (Å²) in [6.07, 6.45) is 1.04. The van der Waals surface area contributed by atoms with Crippen molar-refractivity contribution in [2.45, 2.75) is 18.5 Å². The van der Waals surface area contributed by atoms with Gasteiger partial charge in [-0.2, -0.15) is 0 Å². The van der Waals surface area contributed by atoms with Crippen LogP contribution in [0.1, 0.15) is 18.0 Å². The Balaban J connectivity index is 1.83. The van der Waals surface area contributed by atoms with Crippen LogP contribution in [0.25, 0.3) is 10.1 Å². The van der Waals surface area contributed by atoms with E-state index in [1.165, 1.54) is 15.6 Å². The lowest BCUT2D eigenvalue weighted by Crippen LogP contribution is -2.51. The lowest BCUT2D eigenvalue weighted by Gasteiger charge is -2.39. The Labute approximate surface area is 130 Å². The van der Waals surface area contributed by atoms with Crippen LogP contribution in [0.15, 0.2) is 29.6 Å². The van der Waals surface area contributed by atoms with Crippen molar-refractivity contribution in [3.05, 3.63) is 35.2 Å². The molecule has 0 bridgehead atoms. The van der Waals surface area contributed by atoms with E-state index in [9.17, 15) is 0 Å². The summed E-state index contributed by atoms with van der Waals surface area (Å²) in [6, 6.07) is 9.42. The molecular weight excluding hydrogens is 280 g/mol. The number of benzene rings is 1. The minimum Gasteiger partial charge on any atom is -0.304 e. The normalized spacial score (nSPS) is 22.7. The number of nitrogens with zero attached hydrogens (tertiary/aromatic N) is 2. The molecule has 2 unspecified atom stereocenters. The number of hydrogen-bond donors (Lipinski definition) is 2. The van der Waals surface area contributed by atoms with E-state index in [2.05, 4.69) is 59.0 Å². The molecule has 0 radical (unpaired) electrons. The first kappa shape index (κ1) is 14.9. The van der Waals surface area contributed by atoms with E-state index in [1.807, 2.05) is 0 Å². The van der Waals surface area contributed by atoms with E-state index in [0.717, 1.165) is 26.1 Å². The van der Waals surface area contributed by atoms with Gasteiger partial charge < -0.3 is 9.80 Å². The number of thiophene rings is 1. The molecule has 2 aromatic rings. The molecule has 4 nitrogen and oxygen atoms in total. The second-order valence-electron chi connectivity index (χ2n) is 6.04. The van der Waals surface area contributed by atoms with Gasteiger partial charge in [-0.1, -0.05) is 18.2 Å². The van der Waals surface area contributed by atoms with Crippen molar-refractivity contribution in [2.75, 3.05) is 33.7 Å². The lowest BCUT2D eigenvalue weighted by atomic mass is 9.97. The summed E-state index contributed by atoms with van der Waals surface area (Å²) in [6.45, 7) is 3.38. The predicted molar refractivity (Wildman–Crippen MR) is 90.4 cm³/mol. The molecule has 1 aromatic heterocycles. The van der Waals surface area contributed by atoms with Crippen LogP contribution < -0.4 is 11.3 Å². The van der Waals surface area contributed by atoms with Crippen LogP contribution in [0.5, 0.6) is 0 Å². The van der Waals surface area contributed by atoms with Gasteiger partial charge in [0.2, 0.25) is 0 Å². The van der Waals surface area contributed by atoms with E-state index in [-0.39, 0.29) is 6.04 Å². The predicted octanol–water partition coefficient (Wildman–Crippen LogP) is 2.04. The fraction of sp³-hybridized carbons (Fsp3) is 0.500. The molecule has 1 aliphatic rings. The largest absolute Gasteiger partial charge is 0.304 e. The summed E-state index contributed by atoms with van der Waals surface area (Å²) in [5.41, 5.74) is 4.37. The zero-order valence-corrected chi connectivity index (χ0v) is 13.6. The SMILES string of the molecule is CN1CCN(C)C(CC(NN)c2cccc3ccsc23)C1. The Kier molecular flexibility index (Phi) is 4.57. The minimum absolute atomic E-state index is 0.200. The molecule has 1 saturated heterocycles. The number of piperazine rings is 1. The first-order valence-corrected chi connectivity index (χ1v) is 8.38. The minimum atomic E-state index is 0.200. The van der Waals surface area contributed by atoms with Crippen LogP contribution in [-0.4, -0.2) is 49.6 Å². The molecule has 0 amide bonds. The molecule has 0 saturated carbocycles. The van der Waals surface area contributed by atoms with E-state index in [0.29, 0.717) is 6.04 Å². The average molecular weight is 304 g/mol. The van der Waals surface area contributed by atoms with Gasteiger partial charge in [0.15, 0.2) is 0 Å². The van der Waals surface area contributed by atoms with Crippen molar-refractivity contribution in [1.82, 2.24) is 15.2 Å². The number of likely N-dealkylation sites (N-methyl/N-ethyl adjacent to an activating group) is 2. The van der Waals surface area contributed by atoms with Gasteiger partial charge in [-0.15, -0.1) is 11.3 Å². The smallest absolute Gasteiger partial charge is 0.0489 e. The highest BCUT2D eigenvalue weighted by molar-refractivity contribution is 7.17. The van der Waals surface area contributed by atoms with Gasteiger partial charge in [0, 0.05) is 36.4 Å². The summed E-state index contributed by atoms with van der Waals surface area (Å²) in [4.78, 5) is 4.86. The third-order valence-electron chi connectivity index (χ3n) is 4.57. The second-order valence-corrected chi connectivity index (χ2v) is 6.95. The van der Waals surface area contributed by atoms with E-state index >= 15 is 0 Å². The molecule has 21 heavy (non-hydrogen) atoms. The average Bonchev–Trinajstić information content (AvgIpc) is 2.96. The van der Waals surface area contributed by atoms with Crippen LogP contribution in [0.3, 0.4) is 0 Å². The van der Waals surface area contributed by atoms with E-state index in [1.54, 1.807) is 11.3 Å². The Morgan fingerprint density at radius 1 is 1.33 bits per heavy atom. The highest BCUT2D eigenvalue weighted by atomic mass is 32.1. The summed E-state index contributed by atoms with van der Waals surface area (Å²) in [5, 5.41) is 3.47. The number of hydrazine groups is 1. The van der Waals surface area contributed by atoms with Gasteiger partial charge in [0.1, 0.15) is 0 Å². The van der Waals surface area contributed by atoms with Crippen molar-refractivity contribution >= 4 is 21.4 Å². The highest BCUT2D eigenvalue weighted by Crippen LogP contribution is 2.31. The molecule has 3 N–H and O–H groups in total. The number of nitrogens with two attached hydrogens (primary N) is 1. The number of nitrogens with one attached hydrogen (secondary N) is 1. The molecule has 1 aliphatic heterocycles. The second kappa shape index (κ2) is 6.42. The van der Waals surface area contributed by atoms with Crippen molar-refractivity contribution in [1.29, 1.82) is 0 Å². The molecular formula is C16H24N4S. The monoisotopic (exact) mass is 304 g/mol. The molecule has 2 atom stereocenters. The van der Waals surface area contributed by atoms with Crippen molar-refractivity contribution < 1.29 is 0 Å².